The van der Waals surface area contributed by atoms with Crippen molar-refractivity contribution in [3.05, 3.63) is 53.4 Å². The van der Waals surface area contributed by atoms with Crippen molar-refractivity contribution in [2.45, 2.75) is 11.8 Å². The molecule has 0 nitrogen and oxygen atoms in total. The number of halogens is 4. The first-order valence-electron chi connectivity index (χ1n) is 4.84. The van der Waals surface area contributed by atoms with Crippen LogP contribution < -0.4 is 0 Å². The molecule has 5 heteroatoms. The molecular formula is C12H8Br2FIS. The van der Waals surface area contributed by atoms with E-state index in [0.29, 0.717) is 0 Å². The van der Waals surface area contributed by atoms with E-state index in [1.54, 1.807) is 17.4 Å². The number of alkyl halides is 1. The lowest BCUT2D eigenvalue weighted by Gasteiger charge is -2.10. The van der Waals surface area contributed by atoms with Crippen LogP contribution in [0.15, 0.2) is 28.1 Å². The lowest BCUT2D eigenvalue weighted by atomic mass is 10.1. The van der Waals surface area contributed by atoms with E-state index in [2.05, 4.69) is 67.4 Å². The Labute approximate surface area is 134 Å². The zero-order chi connectivity index (χ0) is 12.6. The van der Waals surface area contributed by atoms with Crippen molar-refractivity contribution in [2.24, 2.45) is 0 Å². The lowest BCUT2D eigenvalue weighted by molar-refractivity contribution is 0.626. The van der Waals surface area contributed by atoms with Gasteiger partial charge in [-0.1, -0.05) is 22.0 Å². The van der Waals surface area contributed by atoms with Gasteiger partial charge in [0.25, 0.3) is 0 Å². The van der Waals surface area contributed by atoms with Crippen molar-refractivity contribution in [3.8, 4) is 0 Å². The molecule has 1 atom stereocenters. The van der Waals surface area contributed by atoms with Crippen LogP contribution in [-0.2, 0) is 0 Å². The Morgan fingerprint density at radius 1 is 1.35 bits per heavy atom. The SMILES string of the molecule is Cc1cc(C(Br)c2ccc(F)cc2I)sc1Br. The van der Waals surface area contributed by atoms with Gasteiger partial charge in [-0.3, -0.25) is 0 Å². The van der Waals surface area contributed by atoms with Gasteiger partial charge in [0.05, 0.1) is 8.61 Å². The van der Waals surface area contributed by atoms with E-state index in [0.717, 1.165) is 12.9 Å². The quantitative estimate of drug-likeness (QED) is 0.356. The predicted molar refractivity (Wildman–Crippen MR) is 86.6 cm³/mol. The highest BCUT2D eigenvalue weighted by molar-refractivity contribution is 14.1. The van der Waals surface area contributed by atoms with Gasteiger partial charge in [-0.15, -0.1) is 11.3 Å². The third-order valence-electron chi connectivity index (χ3n) is 2.36. The van der Waals surface area contributed by atoms with E-state index in [9.17, 15) is 4.39 Å². The molecule has 0 radical (unpaired) electrons. The maximum atomic E-state index is 13.1. The Hall–Kier alpha value is 0.540. The molecular weight excluding hydrogens is 482 g/mol. The summed E-state index contributed by atoms with van der Waals surface area (Å²) in [7, 11) is 0. The molecule has 1 unspecified atom stereocenters. The average molecular weight is 490 g/mol. The van der Waals surface area contributed by atoms with Gasteiger partial charge in [0.2, 0.25) is 0 Å². The molecule has 0 aliphatic carbocycles. The van der Waals surface area contributed by atoms with Crippen LogP contribution in [0.4, 0.5) is 4.39 Å². The minimum Gasteiger partial charge on any atom is -0.207 e. The van der Waals surface area contributed by atoms with E-state index >= 15 is 0 Å². The van der Waals surface area contributed by atoms with Gasteiger partial charge < -0.3 is 0 Å². The number of benzene rings is 1. The maximum Gasteiger partial charge on any atom is 0.124 e. The minimum atomic E-state index is -0.193. The largest absolute Gasteiger partial charge is 0.207 e. The fourth-order valence-electron chi connectivity index (χ4n) is 1.47. The fourth-order valence-corrected chi connectivity index (χ4v) is 5.07. The molecule has 0 aliphatic heterocycles. The second-order valence-corrected chi connectivity index (χ2v) is 8.11. The van der Waals surface area contributed by atoms with Crippen LogP contribution in [0.1, 0.15) is 20.8 Å². The molecule has 0 fully saturated rings. The van der Waals surface area contributed by atoms with E-state index in [4.69, 9.17) is 0 Å². The van der Waals surface area contributed by atoms with E-state index in [-0.39, 0.29) is 10.6 Å². The summed E-state index contributed by atoms with van der Waals surface area (Å²) < 4.78 is 15.1. The molecule has 0 spiro atoms. The van der Waals surface area contributed by atoms with Crippen molar-refractivity contribution in [3.63, 3.8) is 0 Å². The van der Waals surface area contributed by atoms with Gasteiger partial charge >= 0.3 is 0 Å². The predicted octanol–water partition coefficient (Wildman–Crippen LogP) is 6.05. The van der Waals surface area contributed by atoms with Gasteiger partial charge in [-0.05, 0) is 74.8 Å². The number of aryl methyl sites for hydroxylation is 1. The van der Waals surface area contributed by atoms with Crippen LogP contribution in [0.5, 0.6) is 0 Å². The standard InChI is InChI=1S/C12H8Br2FIS/c1-6-4-10(17-12(6)14)11(13)8-3-2-7(15)5-9(8)16/h2-5,11H,1H3. The van der Waals surface area contributed by atoms with Crippen LogP contribution >= 0.6 is 65.8 Å². The Kier molecular flexibility index (Phi) is 4.66. The third-order valence-corrected chi connectivity index (χ3v) is 6.79. The van der Waals surface area contributed by atoms with Gasteiger partial charge in [0, 0.05) is 8.45 Å². The van der Waals surface area contributed by atoms with Crippen LogP contribution in [0.2, 0.25) is 0 Å². The van der Waals surface area contributed by atoms with Crippen LogP contribution in [0.25, 0.3) is 0 Å². The number of rotatable bonds is 2. The van der Waals surface area contributed by atoms with Gasteiger partial charge in [-0.2, -0.15) is 0 Å². The summed E-state index contributed by atoms with van der Waals surface area (Å²) in [5.41, 5.74) is 2.33. The first kappa shape index (κ1) is 14.0. The van der Waals surface area contributed by atoms with Crippen molar-refractivity contribution in [2.75, 3.05) is 0 Å². The molecule has 0 bridgehead atoms. The lowest BCUT2D eigenvalue weighted by Crippen LogP contribution is -1.94. The van der Waals surface area contributed by atoms with Gasteiger partial charge in [0.15, 0.2) is 0 Å². The Balaban J connectivity index is 2.39. The first-order chi connectivity index (χ1) is 7.99. The highest BCUT2D eigenvalue weighted by atomic mass is 127. The summed E-state index contributed by atoms with van der Waals surface area (Å²) in [6.07, 6.45) is 0. The smallest absolute Gasteiger partial charge is 0.124 e. The summed E-state index contributed by atoms with van der Waals surface area (Å²) in [5.74, 6) is -0.193. The van der Waals surface area contributed by atoms with Crippen LogP contribution in [0, 0.1) is 16.3 Å². The average Bonchev–Trinajstić information content (AvgIpc) is 2.58. The molecule has 0 saturated heterocycles. The molecule has 90 valence electrons. The van der Waals surface area contributed by atoms with Crippen molar-refractivity contribution in [1.29, 1.82) is 0 Å². The molecule has 2 rings (SSSR count). The normalized spacial score (nSPS) is 12.8. The number of thiophene rings is 1. The zero-order valence-corrected chi connectivity index (χ0v) is 15.0. The van der Waals surface area contributed by atoms with Crippen molar-refractivity contribution >= 4 is 65.8 Å². The summed E-state index contributed by atoms with van der Waals surface area (Å²) in [6.45, 7) is 2.07. The van der Waals surface area contributed by atoms with E-state index in [1.807, 2.05) is 6.07 Å². The van der Waals surface area contributed by atoms with Crippen molar-refractivity contribution < 1.29 is 4.39 Å². The summed E-state index contributed by atoms with van der Waals surface area (Å²) in [5, 5.41) is 0. The summed E-state index contributed by atoms with van der Waals surface area (Å²) in [4.78, 5) is 1.34. The van der Waals surface area contributed by atoms with E-state index < -0.39 is 0 Å². The molecule has 1 aromatic carbocycles. The fraction of sp³-hybridized carbons (Fsp3) is 0.167. The molecule has 1 heterocycles. The summed E-state index contributed by atoms with van der Waals surface area (Å²) >= 11 is 11.1. The summed E-state index contributed by atoms with van der Waals surface area (Å²) in [6, 6.07) is 7.04. The minimum absolute atomic E-state index is 0.116. The maximum absolute atomic E-state index is 13.1. The van der Waals surface area contributed by atoms with Crippen molar-refractivity contribution in [1.82, 2.24) is 0 Å². The highest BCUT2D eigenvalue weighted by Gasteiger charge is 2.17. The molecule has 0 saturated carbocycles. The number of hydrogen-bond donors (Lipinski definition) is 0. The molecule has 0 N–H and O–H groups in total. The second kappa shape index (κ2) is 5.67. The number of hydrogen-bond acceptors (Lipinski definition) is 1. The van der Waals surface area contributed by atoms with Crippen LogP contribution in [0.3, 0.4) is 0 Å². The molecule has 0 aliphatic rings. The second-order valence-electron chi connectivity index (χ2n) is 3.63. The Bertz CT molecular complexity index is 534. The Morgan fingerprint density at radius 2 is 2.06 bits per heavy atom. The zero-order valence-electron chi connectivity index (χ0n) is 8.81. The molecule has 2 aromatic rings. The van der Waals surface area contributed by atoms with Crippen LogP contribution in [-0.4, -0.2) is 0 Å². The monoisotopic (exact) mass is 488 g/mol. The molecule has 1 aromatic heterocycles. The van der Waals surface area contributed by atoms with E-state index in [1.165, 1.54) is 16.5 Å². The topological polar surface area (TPSA) is 0 Å². The van der Waals surface area contributed by atoms with Gasteiger partial charge in [0.1, 0.15) is 5.82 Å². The first-order valence-corrected chi connectivity index (χ1v) is 8.44. The Morgan fingerprint density at radius 3 is 2.59 bits per heavy atom. The highest BCUT2D eigenvalue weighted by Crippen LogP contribution is 2.40. The molecule has 17 heavy (non-hydrogen) atoms. The van der Waals surface area contributed by atoms with Gasteiger partial charge in [-0.25, -0.2) is 4.39 Å². The third kappa shape index (κ3) is 3.11. The molecule has 0 amide bonds.